The van der Waals surface area contributed by atoms with Crippen LogP contribution in [-0.2, 0) is 9.53 Å². The number of carbonyl (C=O) groups is 1. The summed E-state index contributed by atoms with van der Waals surface area (Å²) in [5, 5.41) is 5.81. The average molecular weight is 202 g/mol. The molecule has 0 fully saturated rings. The molecule has 4 heteroatoms. The predicted octanol–water partition coefficient (Wildman–Crippen LogP) is 0.526. The second-order valence-corrected chi connectivity index (χ2v) is 4.36. The fourth-order valence-corrected chi connectivity index (χ4v) is 0.885. The highest BCUT2D eigenvalue weighted by Crippen LogP contribution is 2.00. The van der Waals surface area contributed by atoms with Gasteiger partial charge in [-0.25, -0.2) is 0 Å². The zero-order valence-electron chi connectivity index (χ0n) is 9.81. The SMILES string of the molecule is CNCCOC(C)C(=O)NC(C)(C)C. The number of rotatable bonds is 5. The molecule has 0 saturated carbocycles. The van der Waals surface area contributed by atoms with E-state index in [0.29, 0.717) is 6.61 Å². The van der Waals surface area contributed by atoms with Crippen LogP contribution in [-0.4, -0.2) is 37.7 Å². The third-order valence-corrected chi connectivity index (χ3v) is 1.59. The summed E-state index contributed by atoms with van der Waals surface area (Å²) in [5.74, 6) is -0.0615. The lowest BCUT2D eigenvalue weighted by molar-refractivity contribution is -0.133. The number of nitrogens with one attached hydrogen (secondary N) is 2. The molecule has 0 bridgehead atoms. The van der Waals surface area contributed by atoms with Gasteiger partial charge in [-0.1, -0.05) is 0 Å². The molecule has 0 aromatic heterocycles. The Kier molecular flexibility index (Phi) is 5.72. The minimum Gasteiger partial charge on any atom is -0.367 e. The third kappa shape index (κ3) is 6.86. The second-order valence-electron chi connectivity index (χ2n) is 4.36. The van der Waals surface area contributed by atoms with E-state index in [1.54, 1.807) is 6.92 Å². The van der Waals surface area contributed by atoms with Gasteiger partial charge in [-0.05, 0) is 34.7 Å². The van der Waals surface area contributed by atoms with Crippen molar-refractivity contribution in [3.63, 3.8) is 0 Å². The van der Waals surface area contributed by atoms with E-state index in [-0.39, 0.29) is 17.6 Å². The Morgan fingerprint density at radius 2 is 2.00 bits per heavy atom. The van der Waals surface area contributed by atoms with Crippen LogP contribution >= 0.6 is 0 Å². The molecule has 0 rings (SSSR count). The fourth-order valence-electron chi connectivity index (χ4n) is 0.885. The zero-order chi connectivity index (χ0) is 11.2. The molecule has 84 valence electrons. The standard InChI is InChI=1S/C10H22N2O2/c1-8(14-7-6-11-5)9(13)12-10(2,3)4/h8,11H,6-7H2,1-5H3,(H,12,13). The normalized spacial score (nSPS) is 13.8. The van der Waals surface area contributed by atoms with E-state index in [4.69, 9.17) is 4.74 Å². The highest BCUT2D eigenvalue weighted by Gasteiger charge is 2.19. The first-order chi connectivity index (χ1) is 6.37. The van der Waals surface area contributed by atoms with Gasteiger partial charge in [0.15, 0.2) is 0 Å². The second kappa shape index (κ2) is 5.98. The molecule has 4 nitrogen and oxygen atoms in total. The fraction of sp³-hybridized carbons (Fsp3) is 0.900. The van der Waals surface area contributed by atoms with Crippen LogP contribution in [0.25, 0.3) is 0 Å². The van der Waals surface area contributed by atoms with Gasteiger partial charge >= 0.3 is 0 Å². The summed E-state index contributed by atoms with van der Waals surface area (Å²) in [7, 11) is 1.85. The van der Waals surface area contributed by atoms with Crippen LogP contribution in [0.1, 0.15) is 27.7 Å². The molecular formula is C10H22N2O2. The molecule has 1 amide bonds. The van der Waals surface area contributed by atoms with Gasteiger partial charge in [0.1, 0.15) is 6.10 Å². The molecule has 0 saturated heterocycles. The Balaban J connectivity index is 3.77. The van der Waals surface area contributed by atoms with Crippen molar-refractivity contribution in [3.05, 3.63) is 0 Å². The van der Waals surface area contributed by atoms with E-state index < -0.39 is 0 Å². The van der Waals surface area contributed by atoms with Crippen molar-refractivity contribution in [2.75, 3.05) is 20.2 Å². The molecule has 0 aliphatic heterocycles. The van der Waals surface area contributed by atoms with Crippen LogP contribution in [0, 0.1) is 0 Å². The van der Waals surface area contributed by atoms with Gasteiger partial charge in [0.2, 0.25) is 5.91 Å². The van der Waals surface area contributed by atoms with E-state index in [1.807, 2.05) is 27.8 Å². The molecule has 2 N–H and O–H groups in total. The number of hydrogen-bond donors (Lipinski definition) is 2. The van der Waals surface area contributed by atoms with Gasteiger partial charge in [0.25, 0.3) is 0 Å². The molecule has 0 aromatic rings. The highest BCUT2D eigenvalue weighted by molar-refractivity contribution is 5.80. The summed E-state index contributed by atoms with van der Waals surface area (Å²) in [6.07, 6.45) is -0.387. The maximum atomic E-state index is 11.5. The Labute approximate surface area is 86.4 Å². The molecule has 0 aliphatic carbocycles. The quantitative estimate of drug-likeness (QED) is 0.639. The average Bonchev–Trinajstić information content (AvgIpc) is 2.01. The topological polar surface area (TPSA) is 50.4 Å². The van der Waals surface area contributed by atoms with Crippen molar-refractivity contribution in [2.45, 2.75) is 39.3 Å². The van der Waals surface area contributed by atoms with Gasteiger partial charge in [-0.2, -0.15) is 0 Å². The molecule has 1 atom stereocenters. The van der Waals surface area contributed by atoms with Crippen molar-refractivity contribution in [2.24, 2.45) is 0 Å². The van der Waals surface area contributed by atoms with Crippen molar-refractivity contribution >= 4 is 5.91 Å². The predicted molar refractivity (Wildman–Crippen MR) is 57.2 cm³/mol. The van der Waals surface area contributed by atoms with Gasteiger partial charge in [0, 0.05) is 12.1 Å². The zero-order valence-corrected chi connectivity index (χ0v) is 9.81. The molecule has 14 heavy (non-hydrogen) atoms. The summed E-state index contributed by atoms with van der Waals surface area (Å²) in [6, 6.07) is 0. The summed E-state index contributed by atoms with van der Waals surface area (Å²) in [4.78, 5) is 11.5. The van der Waals surface area contributed by atoms with Crippen LogP contribution in [0.5, 0.6) is 0 Å². The lowest BCUT2D eigenvalue weighted by Gasteiger charge is -2.23. The highest BCUT2D eigenvalue weighted by atomic mass is 16.5. The van der Waals surface area contributed by atoms with Crippen molar-refractivity contribution in [3.8, 4) is 0 Å². The van der Waals surface area contributed by atoms with Crippen LogP contribution in [0.3, 0.4) is 0 Å². The van der Waals surface area contributed by atoms with Gasteiger partial charge in [-0.15, -0.1) is 0 Å². The Bertz CT molecular complexity index is 175. The van der Waals surface area contributed by atoms with E-state index in [0.717, 1.165) is 6.54 Å². The Morgan fingerprint density at radius 3 is 2.43 bits per heavy atom. The third-order valence-electron chi connectivity index (χ3n) is 1.59. The van der Waals surface area contributed by atoms with Crippen molar-refractivity contribution in [1.82, 2.24) is 10.6 Å². The Morgan fingerprint density at radius 1 is 1.43 bits per heavy atom. The minimum absolute atomic E-state index is 0.0615. The lowest BCUT2D eigenvalue weighted by Crippen LogP contribution is -2.46. The first kappa shape index (κ1) is 13.4. The molecule has 0 spiro atoms. The first-order valence-corrected chi connectivity index (χ1v) is 4.95. The maximum absolute atomic E-state index is 11.5. The van der Waals surface area contributed by atoms with Crippen LogP contribution in [0.4, 0.5) is 0 Å². The molecule has 0 heterocycles. The molecule has 0 radical (unpaired) electrons. The molecule has 1 unspecified atom stereocenters. The van der Waals surface area contributed by atoms with Gasteiger partial charge in [-0.3, -0.25) is 4.79 Å². The summed E-state index contributed by atoms with van der Waals surface area (Å²) in [5.41, 5.74) is -0.197. The summed E-state index contributed by atoms with van der Waals surface area (Å²) in [6.45, 7) is 8.92. The monoisotopic (exact) mass is 202 g/mol. The van der Waals surface area contributed by atoms with Gasteiger partial charge < -0.3 is 15.4 Å². The summed E-state index contributed by atoms with van der Waals surface area (Å²) < 4.78 is 5.32. The van der Waals surface area contributed by atoms with Crippen LogP contribution < -0.4 is 10.6 Å². The largest absolute Gasteiger partial charge is 0.367 e. The maximum Gasteiger partial charge on any atom is 0.249 e. The van der Waals surface area contributed by atoms with E-state index in [9.17, 15) is 4.79 Å². The number of ether oxygens (including phenoxy) is 1. The van der Waals surface area contributed by atoms with Crippen molar-refractivity contribution < 1.29 is 9.53 Å². The van der Waals surface area contributed by atoms with Crippen LogP contribution in [0.15, 0.2) is 0 Å². The van der Waals surface area contributed by atoms with Crippen LogP contribution in [0.2, 0.25) is 0 Å². The number of amides is 1. The van der Waals surface area contributed by atoms with Crippen molar-refractivity contribution in [1.29, 1.82) is 0 Å². The summed E-state index contributed by atoms with van der Waals surface area (Å²) >= 11 is 0. The lowest BCUT2D eigenvalue weighted by atomic mass is 10.1. The minimum atomic E-state index is -0.387. The van der Waals surface area contributed by atoms with E-state index in [1.165, 1.54) is 0 Å². The first-order valence-electron chi connectivity index (χ1n) is 4.95. The van der Waals surface area contributed by atoms with E-state index >= 15 is 0 Å². The van der Waals surface area contributed by atoms with E-state index in [2.05, 4.69) is 10.6 Å². The Hall–Kier alpha value is -0.610. The smallest absolute Gasteiger partial charge is 0.249 e. The van der Waals surface area contributed by atoms with Gasteiger partial charge in [0.05, 0.1) is 6.61 Å². The molecule has 0 aliphatic rings. The number of carbonyl (C=O) groups excluding carboxylic acids is 1. The number of hydrogen-bond acceptors (Lipinski definition) is 3. The molecule has 0 aromatic carbocycles. The molecular weight excluding hydrogens is 180 g/mol. The number of likely N-dealkylation sites (N-methyl/N-ethyl adjacent to an activating group) is 1.